The highest BCUT2D eigenvalue weighted by Crippen LogP contribution is 2.33. The highest BCUT2D eigenvalue weighted by molar-refractivity contribution is 5.92. The number of carbonyl (C=O) groups is 1. The molecule has 0 aliphatic carbocycles. The van der Waals surface area contributed by atoms with Crippen molar-refractivity contribution in [1.29, 1.82) is 0 Å². The van der Waals surface area contributed by atoms with Crippen LogP contribution in [-0.2, 0) is 35.6 Å². The molecule has 0 radical (unpaired) electrons. The molecule has 0 saturated carbocycles. The molecule has 4 heteroatoms. The highest BCUT2D eigenvalue weighted by atomic mass is 16.7. The Morgan fingerprint density at radius 2 is 1.61 bits per heavy atom. The van der Waals surface area contributed by atoms with Gasteiger partial charge in [-0.15, -0.1) is 0 Å². The number of hydrogen-bond acceptors (Lipinski definition) is 2. The lowest BCUT2D eigenvalue weighted by Gasteiger charge is -2.33. The van der Waals surface area contributed by atoms with Crippen LogP contribution in [0.5, 0.6) is 0 Å². The molecule has 0 aromatic heterocycles. The lowest BCUT2D eigenvalue weighted by molar-refractivity contribution is -1.11. The Morgan fingerprint density at radius 1 is 0.909 bits per heavy atom. The number of aryl methyl sites for hydroxylation is 2. The first-order chi connectivity index (χ1) is 16.0. The first-order valence-electron chi connectivity index (χ1n) is 12.0. The molecule has 0 atom stereocenters. The lowest BCUT2D eigenvalue weighted by atomic mass is 9.91. The minimum atomic E-state index is 0.0779. The van der Waals surface area contributed by atoms with Crippen LogP contribution in [0.15, 0.2) is 66.7 Å². The van der Waals surface area contributed by atoms with E-state index in [9.17, 15) is 4.79 Å². The average Bonchev–Trinajstić information content (AvgIpc) is 2.84. The number of amides is 1. The molecule has 3 aromatic rings. The molecule has 0 unspecified atom stereocenters. The zero-order chi connectivity index (χ0) is 23.4. The van der Waals surface area contributed by atoms with E-state index in [1.165, 1.54) is 33.4 Å². The Hall–Kier alpha value is -2.95. The van der Waals surface area contributed by atoms with Gasteiger partial charge in [-0.1, -0.05) is 54.6 Å². The number of hydrogen-bond donors (Lipinski definition) is 0. The van der Waals surface area contributed by atoms with Crippen LogP contribution in [0.4, 0.5) is 5.69 Å². The van der Waals surface area contributed by atoms with Crippen LogP contribution in [-0.4, -0.2) is 30.8 Å². The fraction of sp³-hybridized carbons (Fsp3) is 0.345. The van der Waals surface area contributed by atoms with Crippen LogP contribution in [0.1, 0.15) is 43.0 Å². The topological polar surface area (TPSA) is 29.5 Å². The van der Waals surface area contributed by atoms with E-state index < -0.39 is 0 Å². The number of rotatable bonds is 6. The number of nitrogens with zero attached hydrogens (tertiary/aromatic N) is 2. The summed E-state index contributed by atoms with van der Waals surface area (Å²) in [7, 11) is 1.80. The molecule has 0 bridgehead atoms. The molecule has 33 heavy (non-hydrogen) atoms. The van der Waals surface area contributed by atoms with Gasteiger partial charge in [-0.2, -0.15) is 4.65 Å². The predicted molar refractivity (Wildman–Crippen MR) is 135 cm³/mol. The van der Waals surface area contributed by atoms with Crippen LogP contribution >= 0.6 is 0 Å². The van der Waals surface area contributed by atoms with Gasteiger partial charge < -0.3 is 4.90 Å². The van der Waals surface area contributed by atoms with Crippen LogP contribution < -0.4 is 4.90 Å². The standard InChI is InChI=1S/C29H35N2O2/c1-5-31(6-2,33-4)21-26-12-7-9-13-28(26)25-18-16-23-15-17-24-11-8-10-14-29(24)30(22(3)32)20-27(23)19-25/h7-14,16,18-19H,5-6,15,17,20-21H2,1-4H3/q+1. The Balaban J connectivity index is 1.74. The van der Waals surface area contributed by atoms with Gasteiger partial charge in [0.2, 0.25) is 5.91 Å². The fourth-order valence-corrected chi connectivity index (χ4v) is 5.00. The van der Waals surface area contributed by atoms with Gasteiger partial charge in [-0.05, 0) is 66.6 Å². The Bertz CT molecular complexity index is 1130. The summed E-state index contributed by atoms with van der Waals surface area (Å²) in [4.78, 5) is 20.5. The van der Waals surface area contributed by atoms with Crippen molar-refractivity contribution in [3.05, 3.63) is 89.0 Å². The third kappa shape index (κ3) is 4.73. The molecule has 4 nitrogen and oxygen atoms in total. The molecule has 0 spiro atoms. The van der Waals surface area contributed by atoms with Crippen molar-refractivity contribution in [2.45, 2.75) is 46.7 Å². The molecule has 172 valence electrons. The number of anilines is 1. The lowest BCUT2D eigenvalue weighted by Crippen LogP contribution is -2.45. The largest absolute Gasteiger partial charge is 0.308 e. The Labute approximate surface area is 198 Å². The summed E-state index contributed by atoms with van der Waals surface area (Å²) in [5.41, 5.74) is 8.53. The van der Waals surface area contributed by atoms with Gasteiger partial charge >= 0.3 is 0 Å². The third-order valence-corrected chi connectivity index (χ3v) is 7.19. The van der Waals surface area contributed by atoms with E-state index in [1.807, 2.05) is 11.0 Å². The van der Waals surface area contributed by atoms with Gasteiger partial charge in [0.1, 0.15) is 19.6 Å². The predicted octanol–water partition coefficient (Wildman–Crippen LogP) is 5.92. The SMILES string of the molecule is CC[N+](CC)(Cc1ccccc1-c1ccc2c(c1)CN(C(C)=O)c1ccccc1CC2)OC. The summed E-state index contributed by atoms with van der Waals surface area (Å²) in [6.45, 7) is 9.26. The molecule has 1 amide bonds. The van der Waals surface area contributed by atoms with Crippen LogP contribution in [0.3, 0.4) is 0 Å². The highest BCUT2D eigenvalue weighted by Gasteiger charge is 2.26. The van der Waals surface area contributed by atoms with Crippen LogP contribution in [0, 0.1) is 0 Å². The van der Waals surface area contributed by atoms with Crippen molar-refractivity contribution in [2.24, 2.45) is 0 Å². The number of benzene rings is 3. The van der Waals surface area contributed by atoms with E-state index in [-0.39, 0.29) is 5.91 Å². The first-order valence-corrected chi connectivity index (χ1v) is 12.0. The molecule has 0 fully saturated rings. The summed E-state index contributed by atoms with van der Waals surface area (Å²) < 4.78 is 0.594. The molecule has 0 saturated heterocycles. The van der Waals surface area contributed by atoms with Crippen molar-refractivity contribution in [3.8, 4) is 11.1 Å². The summed E-state index contributed by atoms with van der Waals surface area (Å²) in [6.07, 6.45) is 1.92. The molecule has 0 N–H and O–H groups in total. The maximum Gasteiger partial charge on any atom is 0.224 e. The maximum atomic E-state index is 12.6. The van der Waals surface area contributed by atoms with Crippen molar-refractivity contribution < 1.29 is 14.3 Å². The van der Waals surface area contributed by atoms with Crippen LogP contribution in [0.2, 0.25) is 0 Å². The van der Waals surface area contributed by atoms with Crippen molar-refractivity contribution in [2.75, 3.05) is 25.1 Å². The molecule has 3 aromatic carbocycles. The third-order valence-electron chi connectivity index (χ3n) is 7.19. The molecule has 1 aliphatic heterocycles. The van der Waals surface area contributed by atoms with Gasteiger partial charge in [0.05, 0.1) is 13.7 Å². The number of quaternary nitrogens is 1. The molecule has 4 rings (SSSR count). The van der Waals surface area contributed by atoms with Gasteiger partial charge in [0.15, 0.2) is 0 Å². The normalized spacial score (nSPS) is 13.6. The minimum absolute atomic E-state index is 0.0779. The quantitative estimate of drug-likeness (QED) is 0.349. The number of carbonyl (C=O) groups excluding carboxylic acids is 1. The smallest absolute Gasteiger partial charge is 0.224 e. The van der Waals surface area contributed by atoms with Crippen molar-refractivity contribution in [1.82, 2.24) is 0 Å². The van der Waals surface area contributed by atoms with E-state index in [1.54, 1.807) is 14.0 Å². The van der Waals surface area contributed by atoms with Crippen molar-refractivity contribution >= 4 is 11.6 Å². The summed E-state index contributed by atoms with van der Waals surface area (Å²) in [5, 5.41) is 0. The summed E-state index contributed by atoms with van der Waals surface area (Å²) >= 11 is 0. The number of para-hydroxylation sites is 1. The minimum Gasteiger partial charge on any atom is -0.308 e. The molecular weight excluding hydrogens is 408 g/mol. The van der Waals surface area contributed by atoms with E-state index in [2.05, 4.69) is 74.5 Å². The summed E-state index contributed by atoms with van der Waals surface area (Å²) in [6, 6.07) is 23.7. The average molecular weight is 444 g/mol. The fourth-order valence-electron chi connectivity index (χ4n) is 5.00. The second kappa shape index (κ2) is 9.90. The Morgan fingerprint density at radius 3 is 2.33 bits per heavy atom. The van der Waals surface area contributed by atoms with E-state index >= 15 is 0 Å². The van der Waals surface area contributed by atoms with E-state index in [4.69, 9.17) is 4.84 Å². The Kier molecular flexibility index (Phi) is 6.96. The monoisotopic (exact) mass is 443 g/mol. The molecule has 1 heterocycles. The number of hydroxylamine groups is 3. The van der Waals surface area contributed by atoms with Gasteiger partial charge in [-0.25, -0.2) is 4.84 Å². The molecular formula is C29H35N2O2+. The van der Waals surface area contributed by atoms with E-state index in [0.717, 1.165) is 38.2 Å². The first kappa shape index (κ1) is 23.2. The number of fused-ring (bicyclic) bond motifs is 2. The van der Waals surface area contributed by atoms with Gasteiger partial charge in [-0.3, -0.25) is 4.79 Å². The van der Waals surface area contributed by atoms with E-state index in [0.29, 0.717) is 11.2 Å². The second-order valence-corrected chi connectivity index (χ2v) is 8.91. The maximum absolute atomic E-state index is 12.6. The van der Waals surface area contributed by atoms with Gasteiger partial charge in [0.25, 0.3) is 0 Å². The van der Waals surface area contributed by atoms with Gasteiger partial charge in [0, 0.05) is 18.2 Å². The molecule has 1 aliphatic rings. The zero-order valence-electron chi connectivity index (χ0n) is 20.3. The second-order valence-electron chi connectivity index (χ2n) is 8.91. The van der Waals surface area contributed by atoms with Crippen LogP contribution in [0.25, 0.3) is 11.1 Å². The zero-order valence-corrected chi connectivity index (χ0v) is 20.3. The summed E-state index contributed by atoms with van der Waals surface area (Å²) in [5.74, 6) is 0.0779. The van der Waals surface area contributed by atoms with Crippen molar-refractivity contribution in [3.63, 3.8) is 0 Å².